The van der Waals surface area contributed by atoms with E-state index in [1.807, 2.05) is 0 Å². The Labute approximate surface area is 94.9 Å². The number of hydrogen-bond donors (Lipinski definition) is 2. The van der Waals surface area contributed by atoms with Crippen molar-refractivity contribution in [1.29, 1.82) is 0 Å². The van der Waals surface area contributed by atoms with Crippen molar-refractivity contribution < 1.29 is 9.50 Å². The highest BCUT2D eigenvalue weighted by atomic mass is 19.1. The van der Waals surface area contributed by atoms with Gasteiger partial charge in [-0.15, -0.1) is 0 Å². The Morgan fingerprint density at radius 3 is 2.69 bits per heavy atom. The highest BCUT2D eigenvalue weighted by Gasteiger charge is 2.09. The minimum atomic E-state index is -0.557. The van der Waals surface area contributed by atoms with Gasteiger partial charge in [0.25, 0.3) is 0 Å². The average molecular weight is 224 g/mol. The van der Waals surface area contributed by atoms with Crippen molar-refractivity contribution in [2.24, 2.45) is 0 Å². The normalized spacial score (nSPS) is 17.6. The van der Waals surface area contributed by atoms with Crippen LogP contribution in [0.2, 0.25) is 0 Å². The molecule has 1 saturated heterocycles. The molecule has 0 amide bonds. The topological polar surface area (TPSA) is 35.5 Å². The van der Waals surface area contributed by atoms with Gasteiger partial charge >= 0.3 is 0 Å². The number of halogens is 1. The van der Waals surface area contributed by atoms with Gasteiger partial charge in [0.1, 0.15) is 0 Å². The molecule has 0 saturated carbocycles. The highest BCUT2D eigenvalue weighted by Crippen LogP contribution is 2.16. The van der Waals surface area contributed by atoms with Crippen LogP contribution in [0.15, 0.2) is 18.2 Å². The summed E-state index contributed by atoms with van der Waals surface area (Å²) in [6, 6.07) is 4.49. The second-order valence-electron chi connectivity index (χ2n) is 4.17. The minimum Gasteiger partial charge on any atom is -0.505 e. The summed E-state index contributed by atoms with van der Waals surface area (Å²) in [4.78, 5) is 0. The maximum atomic E-state index is 13.1. The molecule has 16 heavy (non-hydrogen) atoms. The SMILES string of the molecule is Oc1ccc(CNN2CCCCC2)cc1F. The van der Waals surface area contributed by atoms with Crippen LogP contribution in [0.1, 0.15) is 24.8 Å². The number of aromatic hydroxyl groups is 1. The third-order valence-electron chi connectivity index (χ3n) is 2.87. The van der Waals surface area contributed by atoms with Crippen molar-refractivity contribution in [2.75, 3.05) is 13.1 Å². The second-order valence-corrected chi connectivity index (χ2v) is 4.17. The zero-order valence-electron chi connectivity index (χ0n) is 9.25. The first kappa shape index (κ1) is 11.4. The molecule has 0 aliphatic carbocycles. The summed E-state index contributed by atoms with van der Waals surface area (Å²) in [5, 5.41) is 11.2. The molecule has 1 aromatic carbocycles. The second kappa shape index (κ2) is 5.27. The smallest absolute Gasteiger partial charge is 0.165 e. The summed E-state index contributed by atoms with van der Waals surface area (Å²) >= 11 is 0. The molecule has 0 bridgehead atoms. The van der Waals surface area contributed by atoms with Gasteiger partial charge in [0.2, 0.25) is 0 Å². The molecule has 1 fully saturated rings. The molecule has 0 radical (unpaired) electrons. The average Bonchev–Trinajstić information content (AvgIpc) is 2.32. The summed E-state index contributed by atoms with van der Waals surface area (Å²) in [5.74, 6) is -0.848. The first-order chi connectivity index (χ1) is 7.75. The maximum Gasteiger partial charge on any atom is 0.165 e. The number of benzene rings is 1. The van der Waals surface area contributed by atoms with Gasteiger partial charge in [0, 0.05) is 19.6 Å². The van der Waals surface area contributed by atoms with Gasteiger partial charge in [-0.2, -0.15) is 0 Å². The number of rotatable bonds is 3. The van der Waals surface area contributed by atoms with Gasteiger partial charge in [-0.3, -0.25) is 5.43 Å². The van der Waals surface area contributed by atoms with Crippen LogP contribution in [-0.4, -0.2) is 23.2 Å². The van der Waals surface area contributed by atoms with E-state index in [4.69, 9.17) is 5.11 Å². The van der Waals surface area contributed by atoms with Gasteiger partial charge in [0.05, 0.1) is 0 Å². The molecular formula is C12H17FN2O. The molecule has 0 unspecified atom stereocenters. The fraction of sp³-hybridized carbons (Fsp3) is 0.500. The van der Waals surface area contributed by atoms with Gasteiger partial charge in [-0.25, -0.2) is 9.40 Å². The molecular weight excluding hydrogens is 207 g/mol. The Hall–Kier alpha value is -1.13. The Balaban J connectivity index is 1.86. The molecule has 1 aromatic rings. The fourth-order valence-corrected chi connectivity index (χ4v) is 1.92. The lowest BCUT2D eigenvalue weighted by Crippen LogP contribution is -2.41. The Kier molecular flexibility index (Phi) is 3.74. The number of nitrogens with zero attached hydrogens (tertiary/aromatic N) is 1. The van der Waals surface area contributed by atoms with Crippen LogP contribution in [0.4, 0.5) is 4.39 Å². The molecule has 3 nitrogen and oxygen atoms in total. The molecule has 4 heteroatoms. The van der Waals surface area contributed by atoms with Crippen LogP contribution in [0.25, 0.3) is 0 Å². The third kappa shape index (κ3) is 2.93. The first-order valence-corrected chi connectivity index (χ1v) is 5.71. The molecule has 88 valence electrons. The Bertz CT molecular complexity index is 351. The number of phenols is 1. The van der Waals surface area contributed by atoms with Gasteiger partial charge < -0.3 is 5.11 Å². The Morgan fingerprint density at radius 2 is 2.00 bits per heavy atom. The summed E-state index contributed by atoms with van der Waals surface area (Å²) in [5.41, 5.74) is 4.12. The van der Waals surface area contributed by atoms with Crippen molar-refractivity contribution in [2.45, 2.75) is 25.8 Å². The van der Waals surface area contributed by atoms with E-state index in [0.717, 1.165) is 18.7 Å². The van der Waals surface area contributed by atoms with Crippen LogP contribution in [-0.2, 0) is 6.54 Å². The zero-order chi connectivity index (χ0) is 11.4. The van der Waals surface area contributed by atoms with Crippen molar-refractivity contribution in [3.8, 4) is 5.75 Å². The molecule has 2 N–H and O–H groups in total. The van der Waals surface area contributed by atoms with E-state index in [-0.39, 0.29) is 5.75 Å². The van der Waals surface area contributed by atoms with Gasteiger partial charge in [-0.05, 0) is 30.5 Å². The zero-order valence-corrected chi connectivity index (χ0v) is 9.25. The van der Waals surface area contributed by atoms with E-state index in [1.54, 1.807) is 6.07 Å². The molecule has 0 spiro atoms. The lowest BCUT2D eigenvalue weighted by Gasteiger charge is -2.27. The minimum absolute atomic E-state index is 0.290. The van der Waals surface area contributed by atoms with E-state index in [0.29, 0.717) is 6.54 Å². The summed E-state index contributed by atoms with van der Waals surface area (Å²) in [7, 11) is 0. The molecule has 1 aliphatic rings. The maximum absolute atomic E-state index is 13.1. The first-order valence-electron chi connectivity index (χ1n) is 5.71. The molecule has 1 aliphatic heterocycles. The van der Waals surface area contributed by atoms with E-state index >= 15 is 0 Å². The van der Waals surface area contributed by atoms with Crippen molar-refractivity contribution in [1.82, 2.24) is 10.4 Å². The highest BCUT2D eigenvalue weighted by molar-refractivity contribution is 5.27. The molecule has 1 heterocycles. The monoisotopic (exact) mass is 224 g/mol. The fourth-order valence-electron chi connectivity index (χ4n) is 1.92. The number of phenolic OH excluding ortho intramolecular Hbond substituents is 1. The van der Waals surface area contributed by atoms with E-state index in [2.05, 4.69) is 10.4 Å². The largest absolute Gasteiger partial charge is 0.505 e. The van der Waals surface area contributed by atoms with Crippen molar-refractivity contribution in [3.63, 3.8) is 0 Å². The lowest BCUT2D eigenvalue weighted by atomic mass is 10.1. The van der Waals surface area contributed by atoms with Crippen LogP contribution in [0.3, 0.4) is 0 Å². The van der Waals surface area contributed by atoms with E-state index in [1.165, 1.54) is 31.4 Å². The number of hydrazine groups is 1. The van der Waals surface area contributed by atoms with Gasteiger partial charge in [0.15, 0.2) is 11.6 Å². The number of nitrogens with one attached hydrogen (secondary N) is 1. The summed E-state index contributed by atoms with van der Waals surface area (Å²) < 4.78 is 13.1. The van der Waals surface area contributed by atoms with Crippen molar-refractivity contribution >= 4 is 0 Å². The quantitative estimate of drug-likeness (QED) is 0.824. The lowest BCUT2D eigenvalue weighted by molar-refractivity contribution is 0.151. The van der Waals surface area contributed by atoms with Crippen LogP contribution < -0.4 is 5.43 Å². The molecule has 2 rings (SSSR count). The van der Waals surface area contributed by atoms with Crippen molar-refractivity contribution in [3.05, 3.63) is 29.6 Å². The molecule has 0 atom stereocenters. The standard InChI is InChI=1S/C12H17FN2O/c13-11-8-10(4-5-12(11)16)9-14-15-6-2-1-3-7-15/h4-5,8,14,16H,1-3,6-7,9H2. The van der Waals surface area contributed by atoms with E-state index in [9.17, 15) is 4.39 Å². The summed E-state index contributed by atoms with van der Waals surface area (Å²) in [6.07, 6.45) is 3.74. The number of hydrogen-bond acceptors (Lipinski definition) is 3. The van der Waals surface area contributed by atoms with Crippen LogP contribution in [0, 0.1) is 5.82 Å². The number of piperidine rings is 1. The Morgan fingerprint density at radius 1 is 1.25 bits per heavy atom. The predicted molar refractivity (Wildman–Crippen MR) is 60.3 cm³/mol. The van der Waals surface area contributed by atoms with E-state index < -0.39 is 5.82 Å². The molecule has 0 aromatic heterocycles. The van der Waals surface area contributed by atoms with Crippen LogP contribution in [0.5, 0.6) is 5.75 Å². The predicted octanol–water partition coefficient (Wildman–Crippen LogP) is 2.02. The third-order valence-corrected chi connectivity index (χ3v) is 2.87. The van der Waals surface area contributed by atoms with Gasteiger partial charge in [-0.1, -0.05) is 12.5 Å². The van der Waals surface area contributed by atoms with Crippen LogP contribution >= 0.6 is 0 Å². The summed E-state index contributed by atoms with van der Waals surface area (Å²) in [6.45, 7) is 2.72.